The van der Waals surface area contributed by atoms with Crippen molar-refractivity contribution >= 4 is 68.6 Å². The minimum absolute atomic E-state index is 0. The van der Waals surface area contributed by atoms with Gasteiger partial charge in [-0.05, 0) is 38.0 Å². The predicted molar refractivity (Wildman–Crippen MR) is 135 cm³/mol. The zero-order chi connectivity index (χ0) is 22.2. The van der Waals surface area contributed by atoms with E-state index in [0.717, 1.165) is 30.4 Å². The molecule has 2 fully saturated rings. The average Bonchev–Trinajstić information content (AvgIpc) is 2.75. The molecule has 0 unspecified atom stereocenters. The van der Waals surface area contributed by atoms with E-state index in [4.69, 9.17) is 10.1 Å². The monoisotopic (exact) mass is 583 g/mol. The van der Waals surface area contributed by atoms with E-state index >= 15 is 0 Å². The van der Waals surface area contributed by atoms with Crippen molar-refractivity contribution in [3.05, 3.63) is 33.1 Å². The molecule has 0 atom stereocenters. The van der Waals surface area contributed by atoms with E-state index in [1.54, 1.807) is 30.1 Å². The van der Waals surface area contributed by atoms with Gasteiger partial charge in [-0.15, -0.1) is 24.8 Å². The smallest absolute Gasteiger partial charge is 0.252 e. The fourth-order valence-electron chi connectivity index (χ4n) is 3.99. The van der Waals surface area contributed by atoms with Crippen LogP contribution in [0, 0.1) is 5.41 Å². The Morgan fingerprint density at radius 2 is 1.88 bits per heavy atom. The van der Waals surface area contributed by atoms with Gasteiger partial charge in [-0.3, -0.25) is 15.2 Å². The van der Waals surface area contributed by atoms with Gasteiger partial charge in [0.15, 0.2) is 0 Å². The van der Waals surface area contributed by atoms with Gasteiger partial charge in [-0.1, -0.05) is 22.0 Å². The molecule has 13 heteroatoms. The largest absolute Gasteiger partial charge is 0.487 e. The van der Waals surface area contributed by atoms with E-state index in [2.05, 4.69) is 21.4 Å². The number of nitrogens with zero attached hydrogens (tertiary/aromatic N) is 3. The van der Waals surface area contributed by atoms with Crippen molar-refractivity contribution in [3.8, 4) is 5.75 Å². The third-order valence-electron chi connectivity index (χ3n) is 5.83. The summed E-state index contributed by atoms with van der Waals surface area (Å²) in [6.07, 6.45) is 3.29. The zero-order valence-corrected chi connectivity index (χ0v) is 22.2. The molecule has 9 nitrogen and oxygen atoms in total. The Morgan fingerprint density at radius 1 is 1.18 bits per heavy atom. The number of carbonyl (C=O) groups excluding carboxylic acids is 1. The maximum Gasteiger partial charge on any atom is 0.252 e. The molecule has 0 aromatic heterocycles. The highest BCUT2D eigenvalue weighted by atomic mass is 79.9. The summed E-state index contributed by atoms with van der Waals surface area (Å²) in [5, 5.41) is 9.26. The van der Waals surface area contributed by atoms with Crippen LogP contribution in [-0.2, 0) is 14.8 Å². The zero-order valence-electron chi connectivity index (χ0n) is 18.1. The second-order valence-electron chi connectivity index (χ2n) is 7.94. The van der Waals surface area contributed by atoms with Crippen LogP contribution < -0.4 is 10.2 Å². The molecule has 1 aromatic carbocycles. The highest BCUT2D eigenvalue weighted by Crippen LogP contribution is 2.32. The van der Waals surface area contributed by atoms with Crippen LogP contribution >= 0.6 is 40.7 Å². The predicted octanol–water partition coefficient (Wildman–Crippen LogP) is 2.47. The van der Waals surface area contributed by atoms with Gasteiger partial charge in [0, 0.05) is 35.7 Å². The van der Waals surface area contributed by atoms with Gasteiger partial charge in [0.25, 0.3) is 5.91 Å². The molecule has 3 aliphatic heterocycles. The normalized spacial score (nSPS) is 19.6. The fourth-order valence-corrected chi connectivity index (χ4v) is 5.75. The number of nitrogens with one attached hydrogen (secondary N) is 2. The van der Waals surface area contributed by atoms with Crippen molar-refractivity contribution in [1.29, 1.82) is 5.41 Å². The summed E-state index contributed by atoms with van der Waals surface area (Å²) in [5.41, 5.74) is 3.96. The standard InChI is InChI=1S/C20H26BrN5O4S.2ClH/c1-14(22)24-6-4-17(5-7-24)23-26-9-8-25(12-20(26)27)31(28,29)18-10-15-2-3-16(21)11-19(15)30-13-18;;/h2-3,10-11,17,22-23H,4-9,12-13H2,1H3;2*1H. The summed E-state index contributed by atoms with van der Waals surface area (Å²) < 4.78 is 33.9. The van der Waals surface area contributed by atoms with Crippen LogP contribution in [0.1, 0.15) is 25.3 Å². The number of benzene rings is 1. The minimum atomic E-state index is -3.79. The number of piperidine rings is 1. The molecule has 2 N–H and O–H groups in total. The van der Waals surface area contributed by atoms with E-state index in [9.17, 15) is 13.2 Å². The highest BCUT2D eigenvalue weighted by molar-refractivity contribution is 9.10. The summed E-state index contributed by atoms with van der Waals surface area (Å²) in [4.78, 5) is 14.8. The lowest BCUT2D eigenvalue weighted by atomic mass is 10.1. The molecule has 33 heavy (non-hydrogen) atoms. The van der Waals surface area contributed by atoms with Crippen molar-refractivity contribution in [2.45, 2.75) is 25.8 Å². The summed E-state index contributed by atoms with van der Waals surface area (Å²) in [6.45, 7) is 3.61. The number of carbonyl (C=O) groups is 1. The molecule has 0 spiro atoms. The number of halogens is 3. The topological polar surface area (TPSA) is 106 Å². The van der Waals surface area contributed by atoms with Crippen molar-refractivity contribution in [2.75, 3.05) is 39.3 Å². The van der Waals surface area contributed by atoms with E-state index in [1.807, 2.05) is 11.0 Å². The Hall–Kier alpha value is -1.37. The molecule has 3 heterocycles. The summed E-state index contributed by atoms with van der Waals surface area (Å²) in [7, 11) is -3.79. The second-order valence-corrected chi connectivity index (χ2v) is 10.8. The number of hydrogen-bond donors (Lipinski definition) is 2. The molecule has 2 saturated heterocycles. The second kappa shape index (κ2) is 11.4. The Kier molecular flexibility index (Phi) is 9.60. The SMILES string of the molecule is CC(=N)N1CCC(NN2CCN(S(=O)(=O)C3=Cc4ccc(Br)cc4OC3)CC2=O)CC1.Cl.Cl. The van der Waals surface area contributed by atoms with Crippen LogP contribution in [0.3, 0.4) is 0 Å². The van der Waals surface area contributed by atoms with Gasteiger partial charge in [0.05, 0.1) is 23.8 Å². The number of hydrazine groups is 1. The lowest BCUT2D eigenvalue weighted by molar-refractivity contribution is -0.138. The van der Waals surface area contributed by atoms with E-state index in [1.165, 1.54) is 4.31 Å². The molecule has 0 radical (unpaired) electrons. The molecule has 184 valence electrons. The van der Waals surface area contributed by atoms with Crippen molar-refractivity contribution in [2.24, 2.45) is 0 Å². The summed E-state index contributed by atoms with van der Waals surface area (Å²) >= 11 is 3.38. The molecular formula is C20H28BrCl2N5O4S. The first-order valence-corrected chi connectivity index (χ1v) is 12.5. The van der Waals surface area contributed by atoms with Gasteiger partial charge in [-0.2, -0.15) is 4.31 Å². The first-order chi connectivity index (χ1) is 14.7. The van der Waals surface area contributed by atoms with Crippen LogP contribution in [0.15, 0.2) is 27.6 Å². The van der Waals surface area contributed by atoms with Crippen LogP contribution in [0.25, 0.3) is 6.08 Å². The molecular weight excluding hydrogens is 557 g/mol. The Bertz CT molecular complexity index is 1030. The van der Waals surface area contributed by atoms with Gasteiger partial charge in [0.1, 0.15) is 12.4 Å². The Morgan fingerprint density at radius 3 is 2.52 bits per heavy atom. The third kappa shape index (κ3) is 6.20. The number of fused-ring (bicyclic) bond motifs is 1. The van der Waals surface area contributed by atoms with Gasteiger partial charge >= 0.3 is 0 Å². The Balaban J connectivity index is 0.00000193. The minimum Gasteiger partial charge on any atom is -0.487 e. The van der Waals surface area contributed by atoms with E-state index < -0.39 is 10.0 Å². The lowest BCUT2D eigenvalue weighted by Gasteiger charge is -2.39. The number of amidine groups is 1. The maximum absolute atomic E-state index is 13.1. The maximum atomic E-state index is 13.1. The van der Waals surface area contributed by atoms with E-state index in [0.29, 0.717) is 23.7 Å². The Labute approximate surface area is 215 Å². The average molecular weight is 585 g/mol. The van der Waals surface area contributed by atoms with Crippen LogP contribution in [-0.4, -0.2) is 79.7 Å². The molecule has 1 amide bonds. The van der Waals surface area contributed by atoms with Crippen LogP contribution in [0.5, 0.6) is 5.75 Å². The number of hydrogen-bond acceptors (Lipinski definition) is 6. The number of sulfonamides is 1. The lowest BCUT2D eigenvalue weighted by Crippen LogP contribution is -2.60. The number of amides is 1. The van der Waals surface area contributed by atoms with Crippen molar-refractivity contribution in [1.82, 2.24) is 19.6 Å². The number of rotatable bonds is 4. The highest BCUT2D eigenvalue weighted by Gasteiger charge is 2.36. The molecule has 4 rings (SSSR count). The van der Waals surface area contributed by atoms with Gasteiger partial charge in [-0.25, -0.2) is 13.8 Å². The first kappa shape index (κ1) is 27.9. The van der Waals surface area contributed by atoms with Crippen LogP contribution in [0.4, 0.5) is 0 Å². The fraction of sp³-hybridized carbons (Fsp3) is 0.500. The summed E-state index contributed by atoms with van der Waals surface area (Å²) in [5.74, 6) is 0.925. The van der Waals surface area contributed by atoms with Crippen LogP contribution in [0.2, 0.25) is 0 Å². The van der Waals surface area contributed by atoms with Gasteiger partial charge in [0.2, 0.25) is 10.0 Å². The molecule has 0 saturated carbocycles. The van der Waals surface area contributed by atoms with Crippen molar-refractivity contribution in [3.63, 3.8) is 0 Å². The van der Waals surface area contributed by atoms with E-state index in [-0.39, 0.29) is 61.4 Å². The summed E-state index contributed by atoms with van der Waals surface area (Å²) in [6, 6.07) is 5.58. The molecule has 0 bridgehead atoms. The molecule has 0 aliphatic carbocycles. The quantitative estimate of drug-likeness (QED) is 0.416. The van der Waals surface area contributed by atoms with Crippen molar-refractivity contribution < 1.29 is 17.9 Å². The first-order valence-electron chi connectivity index (χ1n) is 10.2. The van der Waals surface area contributed by atoms with Gasteiger partial charge < -0.3 is 9.64 Å². The molecule has 1 aromatic rings. The third-order valence-corrected chi connectivity index (χ3v) is 8.21. The molecule has 3 aliphatic rings. The number of likely N-dealkylation sites (tertiary alicyclic amines) is 1. The number of ether oxygens (including phenoxy) is 1. The number of piperazine rings is 1.